The maximum absolute atomic E-state index is 11.8. The van der Waals surface area contributed by atoms with Crippen LogP contribution in [-0.4, -0.2) is 41.6 Å². The molecule has 0 aromatic carbocycles. The summed E-state index contributed by atoms with van der Waals surface area (Å²) in [6.45, 7) is 7.03. The first-order valence-electron chi connectivity index (χ1n) is 6.09. The summed E-state index contributed by atoms with van der Waals surface area (Å²) in [6.07, 6.45) is 2.18. The van der Waals surface area contributed by atoms with Gasteiger partial charge in [-0.25, -0.2) is 4.79 Å². The summed E-state index contributed by atoms with van der Waals surface area (Å²) in [5, 5.41) is 11.6. The number of carboxylic acids is 1. The first kappa shape index (κ1) is 13.8. The number of nitrogens with zero attached hydrogens (tertiary/aromatic N) is 1. The van der Waals surface area contributed by atoms with Crippen LogP contribution < -0.4 is 5.32 Å². The number of nitrogens with one attached hydrogen (secondary N) is 1. The molecule has 2 N–H and O–H groups in total. The molecule has 0 aromatic rings. The van der Waals surface area contributed by atoms with Gasteiger partial charge in [-0.05, 0) is 32.6 Å². The predicted octanol–water partition coefficient (Wildman–Crippen LogP) is 1.54. The predicted molar refractivity (Wildman–Crippen MR) is 64.8 cm³/mol. The van der Waals surface area contributed by atoms with E-state index in [-0.39, 0.29) is 12.6 Å². The molecule has 1 rings (SSSR count). The van der Waals surface area contributed by atoms with Gasteiger partial charge in [0.1, 0.15) is 0 Å². The summed E-state index contributed by atoms with van der Waals surface area (Å²) >= 11 is 0. The average Bonchev–Trinajstić information content (AvgIpc) is 2.25. The molecule has 1 fully saturated rings. The minimum absolute atomic E-state index is 0.147. The Balaban J connectivity index is 2.41. The third kappa shape index (κ3) is 3.91. The Morgan fingerprint density at radius 1 is 1.47 bits per heavy atom. The molecule has 0 saturated carbocycles. The highest BCUT2D eigenvalue weighted by Crippen LogP contribution is 2.16. The molecule has 1 unspecified atom stereocenters. The monoisotopic (exact) mass is 242 g/mol. The van der Waals surface area contributed by atoms with Gasteiger partial charge in [0.05, 0.1) is 5.41 Å². The van der Waals surface area contributed by atoms with Crippen molar-refractivity contribution in [2.75, 3.05) is 19.6 Å². The van der Waals surface area contributed by atoms with Gasteiger partial charge in [-0.3, -0.25) is 4.79 Å². The van der Waals surface area contributed by atoms with Crippen molar-refractivity contribution in [2.24, 2.45) is 11.3 Å². The van der Waals surface area contributed by atoms with E-state index in [2.05, 4.69) is 12.2 Å². The second-order valence-corrected chi connectivity index (χ2v) is 5.54. The standard InChI is InChI=1S/C12H22N2O3/c1-9-5-4-6-14(7-9)11(17)13-8-12(2,3)10(15)16/h9H,4-8H2,1-3H3,(H,13,17)(H,15,16). The fourth-order valence-corrected chi connectivity index (χ4v) is 1.86. The van der Waals surface area contributed by atoms with Crippen molar-refractivity contribution in [3.63, 3.8) is 0 Å². The van der Waals surface area contributed by atoms with Crippen LogP contribution in [0.4, 0.5) is 4.79 Å². The van der Waals surface area contributed by atoms with Crippen molar-refractivity contribution in [3.05, 3.63) is 0 Å². The normalized spacial score (nSPS) is 21.1. The van der Waals surface area contributed by atoms with Gasteiger partial charge >= 0.3 is 12.0 Å². The minimum Gasteiger partial charge on any atom is -0.481 e. The highest BCUT2D eigenvalue weighted by atomic mass is 16.4. The molecule has 0 radical (unpaired) electrons. The summed E-state index contributed by atoms with van der Waals surface area (Å²) in [7, 11) is 0. The Morgan fingerprint density at radius 3 is 2.65 bits per heavy atom. The van der Waals surface area contributed by atoms with E-state index in [0.717, 1.165) is 25.9 Å². The van der Waals surface area contributed by atoms with Crippen LogP contribution in [0.2, 0.25) is 0 Å². The van der Waals surface area contributed by atoms with Gasteiger partial charge in [-0.15, -0.1) is 0 Å². The first-order valence-corrected chi connectivity index (χ1v) is 6.09. The van der Waals surface area contributed by atoms with Gasteiger partial charge in [-0.2, -0.15) is 0 Å². The second-order valence-electron chi connectivity index (χ2n) is 5.54. The Bertz CT molecular complexity index is 302. The summed E-state index contributed by atoms with van der Waals surface area (Å²) < 4.78 is 0. The quantitative estimate of drug-likeness (QED) is 0.788. The number of hydrogen-bond donors (Lipinski definition) is 2. The third-order valence-corrected chi connectivity index (χ3v) is 3.20. The molecule has 1 saturated heterocycles. The molecule has 1 atom stereocenters. The van der Waals surface area contributed by atoms with Gasteiger partial charge in [0.15, 0.2) is 0 Å². The third-order valence-electron chi connectivity index (χ3n) is 3.20. The maximum atomic E-state index is 11.8. The van der Waals surface area contributed by atoms with Crippen LogP contribution in [0.1, 0.15) is 33.6 Å². The van der Waals surface area contributed by atoms with Crippen molar-refractivity contribution in [2.45, 2.75) is 33.6 Å². The zero-order valence-corrected chi connectivity index (χ0v) is 10.8. The number of likely N-dealkylation sites (tertiary alicyclic amines) is 1. The molecule has 0 aromatic heterocycles. The zero-order chi connectivity index (χ0) is 13.1. The molecule has 98 valence electrons. The van der Waals surface area contributed by atoms with E-state index in [4.69, 9.17) is 5.11 Å². The van der Waals surface area contributed by atoms with E-state index in [9.17, 15) is 9.59 Å². The van der Waals surface area contributed by atoms with E-state index >= 15 is 0 Å². The lowest BCUT2D eigenvalue weighted by atomic mass is 9.94. The number of carbonyl (C=O) groups is 2. The Hall–Kier alpha value is -1.26. The Kier molecular flexibility index (Phi) is 4.37. The highest BCUT2D eigenvalue weighted by molar-refractivity contribution is 5.77. The zero-order valence-electron chi connectivity index (χ0n) is 10.8. The molecular formula is C12H22N2O3. The van der Waals surface area contributed by atoms with E-state index in [0.29, 0.717) is 5.92 Å². The fourth-order valence-electron chi connectivity index (χ4n) is 1.86. The smallest absolute Gasteiger partial charge is 0.317 e. The van der Waals surface area contributed by atoms with Crippen LogP contribution in [0.3, 0.4) is 0 Å². The van der Waals surface area contributed by atoms with Crippen molar-refractivity contribution in [1.82, 2.24) is 10.2 Å². The van der Waals surface area contributed by atoms with Crippen LogP contribution in [0.15, 0.2) is 0 Å². The SMILES string of the molecule is CC1CCCN(C(=O)NCC(C)(C)C(=O)O)C1. The number of amides is 2. The van der Waals surface area contributed by atoms with Gasteiger partial charge < -0.3 is 15.3 Å². The van der Waals surface area contributed by atoms with Crippen LogP contribution in [0, 0.1) is 11.3 Å². The number of urea groups is 1. The van der Waals surface area contributed by atoms with Crippen molar-refractivity contribution >= 4 is 12.0 Å². The molecule has 0 spiro atoms. The lowest BCUT2D eigenvalue weighted by molar-refractivity contribution is -0.146. The largest absolute Gasteiger partial charge is 0.481 e. The van der Waals surface area contributed by atoms with E-state index in [1.54, 1.807) is 18.7 Å². The van der Waals surface area contributed by atoms with E-state index in [1.165, 1.54) is 0 Å². The highest BCUT2D eigenvalue weighted by Gasteiger charge is 2.29. The number of hydrogen-bond acceptors (Lipinski definition) is 2. The van der Waals surface area contributed by atoms with Gasteiger partial charge in [0.2, 0.25) is 0 Å². The van der Waals surface area contributed by atoms with Gasteiger partial charge in [0.25, 0.3) is 0 Å². The molecule has 17 heavy (non-hydrogen) atoms. The molecule has 0 aliphatic carbocycles. The molecular weight excluding hydrogens is 220 g/mol. The van der Waals surface area contributed by atoms with Crippen molar-refractivity contribution < 1.29 is 14.7 Å². The summed E-state index contributed by atoms with van der Waals surface area (Å²) in [4.78, 5) is 24.5. The first-order chi connectivity index (χ1) is 7.83. The van der Waals surface area contributed by atoms with Gasteiger partial charge in [0, 0.05) is 19.6 Å². The molecule has 1 aliphatic rings. The molecule has 0 bridgehead atoms. The van der Waals surface area contributed by atoms with Gasteiger partial charge in [-0.1, -0.05) is 6.92 Å². The molecule has 1 heterocycles. The van der Waals surface area contributed by atoms with Crippen molar-refractivity contribution in [1.29, 1.82) is 0 Å². The van der Waals surface area contributed by atoms with E-state index < -0.39 is 11.4 Å². The summed E-state index contributed by atoms with van der Waals surface area (Å²) in [5.74, 6) is -0.369. The lowest BCUT2D eigenvalue weighted by Crippen LogP contribution is -2.48. The van der Waals surface area contributed by atoms with Crippen LogP contribution >= 0.6 is 0 Å². The summed E-state index contributed by atoms with van der Waals surface area (Å²) in [6, 6.07) is -0.147. The second kappa shape index (κ2) is 5.38. The molecule has 1 aliphatic heterocycles. The number of aliphatic carboxylic acids is 1. The number of rotatable bonds is 3. The van der Waals surface area contributed by atoms with Crippen LogP contribution in [0.5, 0.6) is 0 Å². The fraction of sp³-hybridized carbons (Fsp3) is 0.833. The lowest BCUT2D eigenvalue weighted by Gasteiger charge is -2.32. The van der Waals surface area contributed by atoms with Crippen LogP contribution in [0.25, 0.3) is 0 Å². The molecule has 2 amide bonds. The number of carbonyl (C=O) groups excluding carboxylic acids is 1. The number of carboxylic acid groups (broad SMARTS) is 1. The average molecular weight is 242 g/mol. The topological polar surface area (TPSA) is 69.6 Å². The molecule has 5 heteroatoms. The van der Waals surface area contributed by atoms with Crippen LogP contribution in [-0.2, 0) is 4.79 Å². The Morgan fingerprint density at radius 2 is 2.12 bits per heavy atom. The maximum Gasteiger partial charge on any atom is 0.317 e. The minimum atomic E-state index is -0.920. The molecule has 5 nitrogen and oxygen atoms in total. The summed E-state index contributed by atoms with van der Waals surface area (Å²) in [5.41, 5.74) is -0.920. The van der Waals surface area contributed by atoms with Crippen molar-refractivity contribution in [3.8, 4) is 0 Å². The number of piperidine rings is 1. The Labute approximate surface area is 102 Å². The van der Waals surface area contributed by atoms with E-state index in [1.807, 2.05) is 0 Å².